The second-order valence-corrected chi connectivity index (χ2v) is 9.57. The Balaban J connectivity index is 1.70. The van der Waals surface area contributed by atoms with Gasteiger partial charge in [-0.2, -0.15) is 5.10 Å². The lowest BCUT2D eigenvalue weighted by Gasteiger charge is -2.12. The number of methoxy groups -OCH3 is 1. The van der Waals surface area contributed by atoms with E-state index in [2.05, 4.69) is 0 Å². The summed E-state index contributed by atoms with van der Waals surface area (Å²) < 4.78 is 29.4. The quantitative estimate of drug-likeness (QED) is 0.263. The van der Waals surface area contributed by atoms with Crippen molar-refractivity contribution in [2.75, 3.05) is 13.7 Å². The summed E-state index contributed by atoms with van der Waals surface area (Å²) in [6, 6.07) is 3.12. The normalized spacial score (nSPS) is 20.4. The highest BCUT2D eigenvalue weighted by Crippen LogP contribution is 2.73. The Hall–Kier alpha value is -2.87. The molecule has 0 aliphatic heterocycles. The van der Waals surface area contributed by atoms with Gasteiger partial charge in [-0.3, -0.25) is 9.48 Å². The van der Waals surface area contributed by atoms with Crippen LogP contribution in [0.1, 0.15) is 53.6 Å². The summed E-state index contributed by atoms with van der Waals surface area (Å²) in [6.45, 7) is 3.46. The Bertz CT molecular complexity index is 1340. The molecule has 7 nitrogen and oxygen atoms in total. The Labute approximate surface area is 201 Å². The van der Waals surface area contributed by atoms with Gasteiger partial charge in [0.05, 0.1) is 42.0 Å². The van der Waals surface area contributed by atoms with Gasteiger partial charge in [0.2, 0.25) is 0 Å². The van der Waals surface area contributed by atoms with E-state index in [1.807, 2.05) is 11.6 Å². The van der Waals surface area contributed by atoms with Gasteiger partial charge in [-0.15, -0.1) is 11.6 Å². The third kappa shape index (κ3) is 3.34. The minimum atomic E-state index is -0.504. The number of esters is 2. The highest BCUT2D eigenvalue weighted by molar-refractivity contribution is 6.17. The molecule has 34 heavy (non-hydrogen) atoms. The number of aryl methyl sites for hydroxylation is 3. The molecule has 0 bridgehead atoms. The zero-order valence-electron chi connectivity index (χ0n) is 19.7. The van der Waals surface area contributed by atoms with Crippen molar-refractivity contribution in [1.82, 2.24) is 14.3 Å². The van der Waals surface area contributed by atoms with Crippen molar-refractivity contribution >= 4 is 34.4 Å². The van der Waals surface area contributed by atoms with E-state index in [-0.39, 0.29) is 24.0 Å². The number of carbonyl (C=O) groups is 2. The van der Waals surface area contributed by atoms with Gasteiger partial charge in [0.25, 0.3) is 0 Å². The maximum Gasteiger partial charge on any atom is 0.354 e. The van der Waals surface area contributed by atoms with Gasteiger partial charge in [0.15, 0.2) is 0 Å². The summed E-state index contributed by atoms with van der Waals surface area (Å²) in [5, 5.41) is 5.54. The van der Waals surface area contributed by atoms with Crippen LogP contribution in [0.4, 0.5) is 4.39 Å². The maximum absolute atomic E-state index is 15.6. The van der Waals surface area contributed by atoms with Crippen molar-refractivity contribution in [3.05, 3.63) is 40.6 Å². The lowest BCUT2D eigenvalue weighted by atomic mass is 9.98. The molecular formula is C25H27ClFN3O4. The molecule has 5 rings (SSSR count). The average Bonchev–Trinajstić information content (AvgIpc) is 3.62. The van der Waals surface area contributed by atoms with Crippen LogP contribution in [0, 0.1) is 18.7 Å². The molecule has 0 unspecified atom stereocenters. The Morgan fingerprint density at radius 1 is 1.29 bits per heavy atom. The van der Waals surface area contributed by atoms with Crippen LogP contribution in [-0.2, 0) is 39.2 Å². The van der Waals surface area contributed by atoms with Crippen LogP contribution in [0.25, 0.3) is 22.0 Å². The second-order valence-electron chi connectivity index (χ2n) is 9.30. The molecule has 0 atom stereocenters. The molecule has 2 aromatic heterocycles. The minimum absolute atomic E-state index is 0.0604. The van der Waals surface area contributed by atoms with E-state index >= 15 is 4.39 Å². The maximum atomic E-state index is 15.6. The van der Waals surface area contributed by atoms with Crippen molar-refractivity contribution in [2.24, 2.45) is 13.0 Å². The minimum Gasteiger partial charge on any atom is -0.466 e. The number of alkyl halides is 1. The van der Waals surface area contributed by atoms with Crippen LogP contribution in [0.15, 0.2) is 12.1 Å². The number of fused-ring (bicyclic) bond motifs is 2. The first-order chi connectivity index (χ1) is 16.2. The van der Waals surface area contributed by atoms with Crippen LogP contribution in [0.2, 0.25) is 0 Å². The average molecular weight is 488 g/mol. The van der Waals surface area contributed by atoms with Crippen LogP contribution in [-0.4, -0.2) is 40.0 Å². The summed E-state index contributed by atoms with van der Waals surface area (Å²) in [7, 11) is 3.06. The number of rotatable bonds is 8. The topological polar surface area (TPSA) is 75.4 Å². The molecule has 3 aromatic rings. The van der Waals surface area contributed by atoms with Gasteiger partial charge >= 0.3 is 11.9 Å². The molecule has 2 aliphatic rings. The fraction of sp³-hybridized carbons (Fsp3) is 0.480. The molecule has 0 amide bonds. The molecular weight excluding hydrogens is 461 g/mol. The molecule has 9 heteroatoms. The van der Waals surface area contributed by atoms with Crippen molar-refractivity contribution in [2.45, 2.75) is 50.9 Å². The smallest absolute Gasteiger partial charge is 0.354 e. The van der Waals surface area contributed by atoms with Gasteiger partial charge in [0, 0.05) is 30.5 Å². The zero-order chi connectivity index (χ0) is 24.4. The summed E-state index contributed by atoms with van der Waals surface area (Å²) in [6.07, 6.45) is 3.16. The number of benzene rings is 1. The Morgan fingerprint density at radius 3 is 2.59 bits per heavy atom. The molecule has 2 heterocycles. The summed E-state index contributed by atoms with van der Waals surface area (Å²) in [5.41, 5.74) is 4.35. The third-order valence-corrected chi connectivity index (χ3v) is 7.51. The first kappa shape index (κ1) is 22.9. The van der Waals surface area contributed by atoms with E-state index in [1.165, 1.54) is 20.1 Å². The number of hydrogen-bond acceptors (Lipinski definition) is 5. The second kappa shape index (κ2) is 8.12. The highest BCUT2D eigenvalue weighted by Gasteiger charge is 2.72. The fourth-order valence-corrected chi connectivity index (χ4v) is 5.57. The SMILES string of the molecule is COC(=O)c1c(CCCOC(C)=O)c2ccc(F)c(-c3c(C)nn(C45CC4C5)c3CCl)c2n1C. The largest absolute Gasteiger partial charge is 0.466 e. The number of carbonyl (C=O) groups excluding carboxylic acids is 2. The monoisotopic (exact) mass is 487 g/mol. The summed E-state index contributed by atoms with van der Waals surface area (Å²) in [4.78, 5) is 23.9. The molecule has 0 spiro atoms. The van der Waals surface area contributed by atoms with Crippen LogP contribution in [0.3, 0.4) is 0 Å². The molecule has 2 aliphatic carbocycles. The summed E-state index contributed by atoms with van der Waals surface area (Å²) in [5.74, 6) is -0.401. The number of aromatic nitrogens is 3. The van der Waals surface area contributed by atoms with E-state index in [9.17, 15) is 9.59 Å². The van der Waals surface area contributed by atoms with E-state index in [4.69, 9.17) is 26.2 Å². The highest BCUT2D eigenvalue weighted by atomic mass is 35.5. The molecule has 2 fully saturated rings. The van der Waals surface area contributed by atoms with Gasteiger partial charge in [-0.25, -0.2) is 9.18 Å². The van der Waals surface area contributed by atoms with E-state index in [0.717, 1.165) is 29.5 Å². The van der Waals surface area contributed by atoms with Crippen molar-refractivity contribution in [1.29, 1.82) is 0 Å². The molecule has 0 saturated heterocycles. The number of nitrogens with zero attached hydrogens (tertiary/aromatic N) is 3. The van der Waals surface area contributed by atoms with E-state index in [1.54, 1.807) is 17.7 Å². The Morgan fingerprint density at radius 2 is 2.00 bits per heavy atom. The van der Waals surface area contributed by atoms with Crippen molar-refractivity contribution in [3.8, 4) is 11.1 Å². The van der Waals surface area contributed by atoms with Crippen LogP contribution < -0.4 is 0 Å². The Kier molecular flexibility index (Phi) is 5.47. The van der Waals surface area contributed by atoms with Crippen LogP contribution >= 0.6 is 11.6 Å². The predicted molar refractivity (Wildman–Crippen MR) is 125 cm³/mol. The van der Waals surface area contributed by atoms with Crippen molar-refractivity contribution < 1.29 is 23.5 Å². The standard InChI is InChI=1S/C25H27ClFN3O4/c1-13-20(19(12-26)30(28-13)25-10-15(25)11-25)21-18(27)8-7-17-16(6-5-9-34-14(2)31)23(24(32)33-4)29(3)22(17)21/h7-8,15H,5-6,9-12H2,1-4H3. The molecule has 0 N–H and O–H groups in total. The number of halogens is 2. The van der Waals surface area contributed by atoms with Gasteiger partial charge in [-0.05, 0) is 56.2 Å². The first-order valence-corrected chi connectivity index (χ1v) is 11.9. The van der Waals surface area contributed by atoms with Gasteiger partial charge in [0.1, 0.15) is 11.5 Å². The number of ether oxygens (including phenoxy) is 2. The molecule has 1 aromatic carbocycles. The first-order valence-electron chi connectivity index (χ1n) is 11.4. The molecule has 0 radical (unpaired) electrons. The summed E-state index contributed by atoms with van der Waals surface area (Å²) >= 11 is 6.41. The zero-order valence-corrected chi connectivity index (χ0v) is 20.5. The molecule has 2 saturated carbocycles. The lowest BCUT2D eigenvalue weighted by Crippen LogP contribution is -2.12. The fourth-order valence-electron chi connectivity index (χ4n) is 5.33. The van der Waals surface area contributed by atoms with Crippen molar-refractivity contribution in [3.63, 3.8) is 0 Å². The van der Waals surface area contributed by atoms with Gasteiger partial charge in [-0.1, -0.05) is 0 Å². The van der Waals surface area contributed by atoms with Gasteiger partial charge < -0.3 is 14.0 Å². The predicted octanol–water partition coefficient (Wildman–Crippen LogP) is 4.63. The van der Waals surface area contributed by atoms with Crippen LogP contribution in [0.5, 0.6) is 0 Å². The lowest BCUT2D eigenvalue weighted by molar-refractivity contribution is -0.141. The van der Waals surface area contributed by atoms with E-state index in [0.29, 0.717) is 46.8 Å². The molecule has 180 valence electrons. The van der Waals surface area contributed by atoms with E-state index < -0.39 is 11.8 Å². The number of hydrogen-bond donors (Lipinski definition) is 0. The third-order valence-electron chi connectivity index (χ3n) is 7.26.